The average Bonchev–Trinajstić information content (AvgIpc) is 2.28. The van der Waals surface area contributed by atoms with E-state index in [9.17, 15) is 9.59 Å². The molecular formula is C14H18O3. The predicted octanol–water partition coefficient (Wildman–Crippen LogP) is 2.95. The lowest BCUT2D eigenvalue weighted by Gasteiger charge is -2.08. The molecule has 0 aliphatic carbocycles. The highest BCUT2D eigenvalue weighted by Crippen LogP contribution is 2.18. The molecule has 0 N–H and O–H groups in total. The van der Waals surface area contributed by atoms with Crippen LogP contribution in [-0.4, -0.2) is 18.7 Å². The van der Waals surface area contributed by atoms with Crippen LogP contribution in [0.1, 0.15) is 42.1 Å². The van der Waals surface area contributed by atoms with Gasteiger partial charge in [-0.25, -0.2) is 0 Å². The maximum atomic E-state index is 11.2. The second kappa shape index (κ2) is 6.84. The van der Waals surface area contributed by atoms with Crippen LogP contribution in [0.3, 0.4) is 0 Å². The lowest BCUT2D eigenvalue weighted by molar-refractivity contribution is -0.107. The van der Waals surface area contributed by atoms with Crippen molar-refractivity contribution in [1.29, 1.82) is 0 Å². The Bertz CT molecular complexity index is 396. The number of ketones is 1. The fourth-order valence-corrected chi connectivity index (χ4v) is 1.64. The maximum Gasteiger partial charge on any atom is 0.160 e. The van der Waals surface area contributed by atoms with Crippen molar-refractivity contribution in [3.8, 4) is 5.75 Å². The summed E-state index contributed by atoms with van der Waals surface area (Å²) in [6.45, 7) is 4.06. The van der Waals surface area contributed by atoms with Crippen LogP contribution in [0, 0.1) is 6.92 Å². The predicted molar refractivity (Wildman–Crippen MR) is 66.6 cm³/mol. The number of aldehydes is 1. The molecule has 0 aliphatic heterocycles. The van der Waals surface area contributed by atoms with Crippen molar-refractivity contribution in [3.63, 3.8) is 0 Å². The summed E-state index contributed by atoms with van der Waals surface area (Å²) >= 11 is 0. The molecule has 0 unspecified atom stereocenters. The third-order valence-electron chi connectivity index (χ3n) is 2.56. The summed E-state index contributed by atoms with van der Waals surface area (Å²) in [5.41, 5.74) is 1.67. The fourth-order valence-electron chi connectivity index (χ4n) is 1.64. The van der Waals surface area contributed by atoms with E-state index in [-0.39, 0.29) is 5.78 Å². The lowest BCUT2D eigenvalue weighted by Crippen LogP contribution is -2.00. The van der Waals surface area contributed by atoms with Crippen molar-refractivity contribution in [3.05, 3.63) is 29.3 Å². The topological polar surface area (TPSA) is 43.4 Å². The minimum absolute atomic E-state index is 0.0695. The molecule has 0 aromatic heterocycles. The maximum absolute atomic E-state index is 11.2. The standard InChI is InChI=1S/C14H18O3/c1-11-10-13(6-7-14(11)12(2)16)17-9-5-3-4-8-15/h6-8,10H,3-5,9H2,1-2H3. The molecule has 0 bridgehead atoms. The van der Waals surface area contributed by atoms with Crippen LogP contribution >= 0.6 is 0 Å². The lowest BCUT2D eigenvalue weighted by atomic mass is 10.1. The monoisotopic (exact) mass is 234 g/mol. The van der Waals surface area contributed by atoms with Gasteiger partial charge in [-0.05, 0) is 50.5 Å². The van der Waals surface area contributed by atoms with Crippen LogP contribution in [0.2, 0.25) is 0 Å². The molecule has 17 heavy (non-hydrogen) atoms. The Morgan fingerprint density at radius 3 is 2.71 bits per heavy atom. The number of aryl methyl sites for hydroxylation is 1. The van der Waals surface area contributed by atoms with Gasteiger partial charge in [-0.3, -0.25) is 4.79 Å². The Morgan fingerprint density at radius 1 is 1.35 bits per heavy atom. The molecule has 0 aliphatic rings. The van der Waals surface area contributed by atoms with Crippen LogP contribution in [0.15, 0.2) is 18.2 Å². The summed E-state index contributed by atoms with van der Waals surface area (Å²) in [6, 6.07) is 5.47. The molecule has 1 aromatic rings. The van der Waals surface area contributed by atoms with Gasteiger partial charge >= 0.3 is 0 Å². The van der Waals surface area contributed by atoms with Gasteiger partial charge in [0.15, 0.2) is 5.78 Å². The number of hydrogen-bond acceptors (Lipinski definition) is 3. The Hall–Kier alpha value is -1.64. The van der Waals surface area contributed by atoms with Crippen LogP contribution in [-0.2, 0) is 4.79 Å². The first-order valence-corrected chi connectivity index (χ1v) is 5.83. The largest absolute Gasteiger partial charge is 0.494 e. The fraction of sp³-hybridized carbons (Fsp3) is 0.429. The first-order chi connectivity index (χ1) is 8.15. The molecule has 1 rings (SSSR count). The number of carbonyl (C=O) groups excluding carboxylic acids is 2. The van der Waals surface area contributed by atoms with Gasteiger partial charge in [-0.1, -0.05) is 0 Å². The third kappa shape index (κ3) is 4.39. The van der Waals surface area contributed by atoms with Gasteiger partial charge in [0.1, 0.15) is 12.0 Å². The molecule has 3 heteroatoms. The quantitative estimate of drug-likeness (QED) is 0.414. The van der Waals surface area contributed by atoms with Gasteiger partial charge in [0.05, 0.1) is 6.61 Å². The van der Waals surface area contributed by atoms with E-state index in [1.54, 1.807) is 13.0 Å². The summed E-state index contributed by atoms with van der Waals surface area (Å²) in [5, 5.41) is 0. The molecule has 0 radical (unpaired) electrons. The molecule has 0 saturated heterocycles. The molecular weight excluding hydrogens is 216 g/mol. The van der Waals surface area contributed by atoms with Gasteiger partial charge in [-0.2, -0.15) is 0 Å². The van der Waals surface area contributed by atoms with Crippen molar-refractivity contribution in [2.45, 2.75) is 33.1 Å². The van der Waals surface area contributed by atoms with Crippen LogP contribution in [0.4, 0.5) is 0 Å². The summed E-state index contributed by atoms with van der Waals surface area (Å²) in [4.78, 5) is 21.3. The Morgan fingerprint density at radius 2 is 2.12 bits per heavy atom. The summed E-state index contributed by atoms with van der Waals surface area (Å²) in [6.07, 6.45) is 3.23. The molecule has 92 valence electrons. The first-order valence-electron chi connectivity index (χ1n) is 5.83. The zero-order valence-corrected chi connectivity index (χ0v) is 10.4. The van der Waals surface area contributed by atoms with Crippen LogP contribution < -0.4 is 4.74 Å². The summed E-state index contributed by atoms with van der Waals surface area (Å²) in [7, 11) is 0. The van der Waals surface area contributed by atoms with Crippen LogP contribution in [0.5, 0.6) is 5.75 Å². The van der Waals surface area contributed by atoms with Crippen LogP contribution in [0.25, 0.3) is 0 Å². The van der Waals surface area contributed by atoms with Crippen molar-refractivity contribution in [1.82, 2.24) is 0 Å². The molecule has 3 nitrogen and oxygen atoms in total. The highest BCUT2D eigenvalue weighted by molar-refractivity contribution is 5.95. The zero-order chi connectivity index (χ0) is 12.7. The Kier molecular flexibility index (Phi) is 5.40. The molecule has 0 saturated carbocycles. The van der Waals surface area contributed by atoms with Crippen molar-refractivity contribution >= 4 is 12.1 Å². The van der Waals surface area contributed by atoms with E-state index >= 15 is 0 Å². The number of rotatable bonds is 7. The smallest absolute Gasteiger partial charge is 0.160 e. The second-order valence-corrected chi connectivity index (χ2v) is 4.04. The number of Topliss-reactive ketones (excluding diaryl/α,β-unsaturated/α-hetero) is 1. The molecule has 0 fully saturated rings. The molecule has 0 amide bonds. The minimum atomic E-state index is 0.0695. The van der Waals surface area contributed by atoms with E-state index in [0.717, 1.165) is 36.0 Å². The number of hydrogen-bond donors (Lipinski definition) is 0. The first kappa shape index (κ1) is 13.4. The van der Waals surface area contributed by atoms with Gasteiger partial charge in [-0.15, -0.1) is 0 Å². The third-order valence-corrected chi connectivity index (χ3v) is 2.56. The highest BCUT2D eigenvalue weighted by atomic mass is 16.5. The molecule has 0 atom stereocenters. The van der Waals surface area contributed by atoms with E-state index in [0.29, 0.717) is 13.0 Å². The van der Waals surface area contributed by atoms with E-state index in [2.05, 4.69) is 0 Å². The van der Waals surface area contributed by atoms with Gasteiger partial charge < -0.3 is 9.53 Å². The minimum Gasteiger partial charge on any atom is -0.494 e. The van der Waals surface area contributed by atoms with Crippen molar-refractivity contribution in [2.75, 3.05) is 6.61 Å². The van der Waals surface area contributed by atoms with Gasteiger partial charge in [0.2, 0.25) is 0 Å². The molecule has 1 aromatic carbocycles. The van der Waals surface area contributed by atoms with Gasteiger partial charge in [0.25, 0.3) is 0 Å². The Labute approximate surface area is 102 Å². The highest BCUT2D eigenvalue weighted by Gasteiger charge is 2.04. The summed E-state index contributed by atoms with van der Waals surface area (Å²) < 4.78 is 5.54. The number of ether oxygens (including phenoxy) is 1. The SMILES string of the molecule is CC(=O)c1ccc(OCCCCC=O)cc1C. The van der Waals surface area contributed by atoms with E-state index in [4.69, 9.17) is 4.74 Å². The normalized spacial score (nSPS) is 10.0. The van der Waals surface area contributed by atoms with Crippen molar-refractivity contribution < 1.29 is 14.3 Å². The van der Waals surface area contributed by atoms with E-state index in [1.165, 1.54) is 0 Å². The zero-order valence-electron chi connectivity index (χ0n) is 10.4. The van der Waals surface area contributed by atoms with Gasteiger partial charge in [0, 0.05) is 12.0 Å². The molecule has 0 heterocycles. The Balaban J connectivity index is 2.47. The number of unbranched alkanes of at least 4 members (excludes halogenated alkanes) is 2. The second-order valence-electron chi connectivity index (χ2n) is 4.04. The number of carbonyl (C=O) groups is 2. The van der Waals surface area contributed by atoms with E-state index in [1.807, 2.05) is 19.1 Å². The number of benzene rings is 1. The average molecular weight is 234 g/mol. The molecule has 0 spiro atoms. The summed E-state index contributed by atoms with van der Waals surface area (Å²) in [5.74, 6) is 0.846. The van der Waals surface area contributed by atoms with Crippen molar-refractivity contribution in [2.24, 2.45) is 0 Å². The van der Waals surface area contributed by atoms with E-state index < -0.39 is 0 Å².